The van der Waals surface area contributed by atoms with Crippen molar-refractivity contribution in [3.8, 4) is 0 Å². The van der Waals surface area contributed by atoms with Crippen LogP contribution < -0.4 is 5.32 Å². The lowest BCUT2D eigenvalue weighted by atomic mass is 10.1. The standard InChI is InChI=1S/C22H23N3O3/c1-27-21(15-7-3-2-4-8-15)22-25-24-20(28-22)12-11-19(26)23-18-13-16-9-5-6-10-17(16)14-18/h2-10,18,21H,11-14H2,1H3,(H,23,26)/t21-/m0/s1. The number of carbonyl (C=O) groups is 1. The van der Waals surface area contributed by atoms with Gasteiger partial charge < -0.3 is 14.5 Å². The Kier molecular flexibility index (Phi) is 5.48. The molecule has 1 aromatic heterocycles. The highest BCUT2D eigenvalue weighted by atomic mass is 16.5. The first-order chi connectivity index (χ1) is 13.7. The zero-order chi connectivity index (χ0) is 19.3. The van der Waals surface area contributed by atoms with Gasteiger partial charge >= 0.3 is 0 Å². The molecule has 28 heavy (non-hydrogen) atoms. The molecule has 0 saturated heterocycles. The first-order valence-electron chi connectivity index (χ1n) is 9.49. The molecule has 6 nitrogen and oxygen atoms in total. The molecule has 1 heterocycles. The van der Waals surface area contributed by atoms with Gasteiger partial charge in [-0.3, -0.25) is 4.79 Å². The SMILES string of the molecule is CO[C@@H](c1ccccc1)c1nnc(CCC(=O)NC2Cc3ccccc3C2)o1. The van der Waals surface area contributed by atoms with Crippen LogP contribution in [-0.4, -0.2) is 29.3 Å². The second-order valence-corrected chi connectivity index (χ2v) is 7.00. The summed E-state index contributed by atoms with van der Waals surface area (Å²) in [6.45, 7) is 0. The lowest BCUT2D eigenvalue weighted by molar-refractivity contribution is -0.121. The summed E-state index contributed by atoms with van der Waals surface area (Å²) in [5.41, 5.74) is 3.58. The van der Waals surface area contributed by atoms with Gasteiger partial charge in [0.05, 0.1) is 0 Å². The molecule has 1 atom stereocenters. The van der Waals surface area contributed by atoms with Crippen molar-refractivity contribution in [1.82, 2.24) is 15.5 Å². The second-order valence-electron chi connectivity index (χ2n) is 7.00. The molecule has 0 aliphatic heterocycles. The van der Waals surface area contributed by atoms with Gasteiger partial charge in [-0.25, -0.2) is 0 Å². The third-order valence-corrected chi connectivity index (χ3v) is 5.03. The fourth-order valence-corrected chi connectivity index (χ4v) is 3.66. The van der Waals surface area contributed by atoms with Crippen LogP contribution in [0.4, 0.5) is 0 Å². The molecular formula is C22H23N3O3. The summed E-state index contributed by atoms with van der Waals surface area (Å²) in [4.78, 5) is 12.3. The van der Waals surface area contributed by atoms with Crippen molar-refractivity contribution >= 4 is 5.91 Å². The summed E-state index contributed by atoms with van der Waals surface area (Å²) in [6.07, 6.45) is 2.09. The first-order valence-corrected chi connectivity index (χ1v) is 9.49. The number of hydrogen-bond acceptors (Lipinski definition) is 5. The molecule has 0 unspecified atom stereocenters. The Balaban J connectivity index is 1.30. The maximum absolute atomic E-state index is 12.3. The van der Waals surface area contributed by atoms with Crippen LogP contribution in [0.2, 0.25) is 0 Å². The highest BCUT2D eigenvalue weighted by Crippen LogP contribution is 2.24. The predicted octanol–water partition coefficient (Wildman–Crippen LogP) is 3.02. The molecule has 0 fully saturated rings. The monoisotopic (exact) mass is 377 g/mol. The van der Waals surface area contributed by atoms with Gasteiger partial charge in [-0.1, -0.05) is 54.6 Å². The van der Waals surface area contributed by atoms with E-state index >= 15 is 0 Å². The molecule has 0 bridgehead atoms. The van der Waals surface area contributed by atoms with Gasteiger partial charge in [-0.05, 0) is 29.5 Å². The molecule has 0 radical (unpaired) electrons. The average Bonchev–Trinajstić information content (AvgIpc) is 3.34. The Morgan fingerprint density at radius 1 is 1.11 bits per heavy atom. The fraction of sp³-hybridized carbons (Fsp3) is 0.318. The number of methoxy groups -OCH3 is 1. The van der Waals surface area contributed by atoms with Crippen LogP contribution in [0.25, 0.3) is 0 Å². The topological polar surface area (TPSA) is 77.2 Å². The number of fused-ring (bicyclic) bond motifs is 1. The molecule has 1 N–H and O–H groups in total. The number of aromatic nitrogens is 2. The van der Waals surface area contributed by atoms with Crippen molar-refractivity contribution in [2.75, 3.05) is 7.11 Å². The second kappa shape index (κ2) is 8.35. The zero-order valence-electron chi connectivity index (χ0n) is 15.8. The molecule has 1 aliphatic carbocycles. The molecule has 6 heteroatoms. The molecule has 1 amide bonds. The summed E-state index contributed by atoms with van der Waals surface area (Å²) in [6, 6.07) is 18.2. The highest BCUT2D eigenvalue weighted by molar-refractivity contribution is 5.76. The van der Waals surface area contributed by atoms with Crippen molar-refractivity contribution in [3.05, 3.63) is 83.1 Å². The van der Waals surface area contributed by atoms with Crippen LogP contribution in [0.1, 0.15) is 41.0 Å². The van der Waals surface area contributed by atoms with Crippen LogP contribution in [-0.2, 0) is 28.8 Å². The lowest BCUT2D eigenvalue weighted by Gasteiger charge is -2.11. The van der Waals surface area contributed by atoms with Gasteiger partial charge in [0.25, 0.3) is 0 Å². The van der Waals surface area contributed by atoms with Gasteiger partial charge in [0.15, 0.2) is 6.10 Å². The van der Waals surface area contributed by atoms with Crippen molar-refractivity contribution in [1.29, 1.82) is 0 Å². The third kappa shape index (κ3) is 4.12. The molecule has 4 rings (SSSR count). The van der Waals surface area contributed by atoms with E-state index in [1.807, 2.05) is 42.5 Å². The minimum atomic E-state index is -0.409. The minimum absolute atomic E-state index is 0.00362. The number of carbonyl (C=O) groups excluding carboxylic acids is 1. The van der Waals surface area contributed by atoms with Crippen molar-refractivity contribution in [2.45, 2.75) is 37.8 Å². The van der Waals surface area contributed by atoms with Crippen LogP contribution >= 0.6 is 0 Å². The summed E-state index contributed by atoms with van der Waals surface area (Å²) in [5.74, 6) is 0.845. The van der Waals surface area contributed by atoms with E-state index in [1.54, 1.807) is 7.11 Å². The van der Waals surface area contributed by atoms with E-state index in [-0.39, 0.29) is 11.9 Å². The Hall–Kier alpha value is -2.99. The molecule has 1 aliphatic rings. The highest BCUT2D eigenvalue weighted by Gasteiger charge is 2.23. The minimum Gasteiger partial charge on any atom is -0.422 e. The summed E-state index contributed by atoms with van der Waals surface area (Å²) >= 11 is 0. The Bertz CT molecular complexity index is 914. The Morgan fingerprint density at radius 2 is 1.79 bits per heavy atom. The normalized spacial score (nSPS) is 14.6. The first kappa shape index (κ1) is 18.4. The number of benzene rings is 2. The zero-order valence-corrected chi connectivity index (χ0v) is 15.8. The quantitative estimate of drug-likeness (QED) is 0.685. The molecule has 3 aromatic rings. The lowest BCUT2D eigenvalue weighted by Crippen LogP contribution is -2.35. The van der Waals surface area contributed by atoms with E-state index in [2.05, 4.69) is 27.6 Å². The smallest absolute Gasteiger partial charge is 0.249 e. The third-order valence-electron chi connectivity index (χ3n) is 5.03. The molecule has 144 valence electrons. The van der Waals surface area contributed by atoms with E-state index in [4.69, 9.17) is 9.15 Å². The fourth-order valence-electron chi connectivity index (χ4n) is 3.66. The van der Waals surface area contributed by atoms with Gasteiger partial charge in [0.1, 0.15) is 0 Å². The molecule has 2 aromatic carbocycles. The van der Waals surface area contributed by atoms with Gasteiger partial charge in [-0.15, -0.1) is 10.2 Å². The predicted molar refractivity (Wildman–Crippen MR) is 104 cm³/mol. The van der Waals surface area contributed by atoms with Gasteiger partial charge in [-0.2, -0.15) is 0 Å². The number of rotatable bonds is 7. The Morgan fingerprint density at radius 3 is 2.46 bits per heavy atom. The van der Waals surface area contributed by atoms with Crippen LogP contribution in [0.3, 0.4) is 0 Å². The van der Waals surface area contributed by atoms with Crippen LogP contribution in [0.15, 0.2) is 59.0 Å². The number of nitrogens with zero attached hydrogens (tertiary/aromatic N) is 2. The number of aryl methyl sites for hydroxylation is 1. The van der Waals surface area contributed by atoms with Gasteiger partial charge in [0.2, 0.25) is 17.7 Å². The van der Waals surface area contributed by atoms with Gasteiger partial charge in [0, 0.05) is 26.0 Å². The van der Waals surface area contributed by atoms with Crippen molar-refractivity contribution in [3.63, 3.8) is 0 Å². The van der Waals surface area contributed by atoms with E-state index < -0.39 is 6.10 Å². The van der Waals surface area contributed by atoms with E-state index in [0.29, 0.717) is 24.6 Å². The molecule has 0 spiro atoms. The van der Waals surface area contributed by atoms with Crippen molar-refractivity contribution < 1.29 is 13.9 Å². The summed E-state index contributed by atoms with van der Waals surface area (Å²) in [7, 11) is 1.61. The maximum atomic E-state index is 12.3. The largest absolute Gasteiger partial charge is 0.422 e. The van der Waals surface area contributed by atoms with E-state index in [9.17, 15) is 4.79 Å². The number of nitrogens with one attached hydrogen (secondary N) is 1. The Labute approximate surface area is 163 Å². The molecular weight excluding hydrogens is 354 g/mol. The number of ether oxygens (including phenoxy) is 1. The van der Waals surface area contributed by atoms with Crippen molar-refractivity contribution in [2.24, 2.45) is 0 Å². The summed E-state index contributed by atoms with van der Waals surface area (Å²) in [5, 5.41) is 11.3. The van der Waals surface area contributed by atoms with Crippen LogP contribution in [0.5, 0.6) is 0 Å². The summed E-state index contributed by atoms with van der Waals surface area (Å²) < 4.78 is 11.2. The average molecular weight is 377 g/mol. The number of hydrogen-bond donors (Lipinski definition) is 1. The van der Waals surface area contributed by atoms with E-state index in [1.165, 1.54) is 11.1 Å². The molecule has 0 saturated carbocycles. The number of amides is 1. The van der Waals surface area contributed by atoms with E-state index in [0.717, 1.165) is 18.4 Å². The maximum Gasteiger partial charge on any atom is 0.249 e. The van der Waals surface area contributed by atoms with Crippen LogP contribution in [0, 0.1) is 0 Å².